The minimum absolute atomic E-state index is 0.250. The van der Waals surface area contributed by atoms with Gasteiger partial charge in [0.1, 0.15) is 0 Å². The van der Waals surface area contributed by atoms with E-state index in [0.717, 1.165) is 0 Å². The van der Waals surface area contributed by atoms with Gasteiger partial charge in [0.15, 0.2) is 0 Å². The molecule has 102 valence electrons. The van der Waals surface area contributed by atoms with Crippen LogP contribution in [0.3, 0.4) is 0 Å². The van der Waals surface area contributed by atoms with E-state index in [0.29, 0.717) is 5.54 Å². The lowest BCUT2D eigenvalue weighted by Crippen LogP contribution is -2.65. The summed E-state index contributed by atoms with van der Waals surface area (Å²) in [5, 5.41) is 0. The van der Waals surface area contributed by atoms with Gasteiger partial charge in [0.05, 0.1) is 0 Å². The number of nitrogens with zero attached hydrogens (tertiary/aromatic N) is 2. The first-order chi connectivity index (χ1) is 7.41. The Morgan fingerprint density at radius 1 is 0.882 bits per heavy atom. The average Bonchev–Trinajstić information content (AvgIpc) is 2.41. The van der Waals surface area contributed by atoms with E-state index in [2.05, 4.69) is 79.8 Å². The molecule has 0 N–H and O–H groups in total. The molecular formula is C13H29BrN2Si. The van der Waals surface area contributed by atoms with Gasteiger partial charge in [-0.2, -0.15) is 0 Å². The molecule has 0 aromatic rings. The SMILES string of the molecule is CC(C)[Si]1(Br)N(C(C)(C)C)CCN1C(C)(C)C. The van der Waals surface area contributed by atoms with E-state index in [9.17, 15) is 0 Å². The lowest BCUT2D eigenvalue weighted by atomic mass is 10.1. The molecular weight excluding hydrogens is 292 g/mol. The van der Waals surface area contributed by atoms with Crippen molar-refractivity contribution in [3.05, 3.63) is 0 Å². The van der Waals surface area contributed by atoms with Gasteiger partial charge in [-0.3, -0.25) is 9.13 Å². The monoisotopic (exact) mass is 320 g/mol. The minimum atomic E-state index is -1.71. The van der Waals surface area contributed by atoms with E-state index in [-0.39, 0.29) is 11.1 Å². The normalized spacial score (nSPS) is 23.6. The van der Waals surface area contributed by atoms with Gasteiger partial charge >= 0.3 is 0 Å². The molecule has 0 aromatic heterocycles. The van der Waals surface area contributed by atoms with Crippen LogP contribution in [0.5, 0.6) is 0 Å². The first kappa shape index (κ1) is 15.7. The number of halogens is 1. The van der Waals surface area contributed by atoms with Gasteiger partial charge in [0, 0.05) is 24.2 Å². The standard InChI is InChI=1S/C13H29BrN2Si/c1-11(2)17(14)15(12(3,4)5)9-10-16(17)13(6,7)8/h11H,9-10H2,1-8H3. The zero-order valence-electron chi connectivity index (χ0n) is 12.8. The fraction of sp³-hybridized carbons (Fsp3) is 1.00. The van der Waals surface area contributed by atoms with E-state index in [1.54, 1.807) is 0 Å². The fourth-order valence-electron chi connectivity index (χ4n) is 2.89. The zero-order chi connectivity index (χ0) is 13.6. The van der Waals surface area contributed by atoms with E-state index in [1.165, 1.54) is 13.1 Å². The van der Waals surface area contributed by atoms with Crippen LogP contribution in [0.1, 0.15) is 55.4 Å². The van der Waals surface area contributed by atoms with Crippen LogP contribution < -0.4 is 0 Å². The summed E-state index contributed by atoms with van der Waals surface area (Å²) < 4.78 is 5.46. The van der Waals surface area contributed by atoms with E-state index >= 15 is 0 Å². The molecule has 0 spiro atoms. The summed E-state index contributed by atoms with van der Waals surface area (Å²) in [5.74, 6) is 0. The van der Waals surface area contributed by atoms with Gasteiger partial charge in [-0.05, 0) is 47.1 Å². The maximum absolute atomic E-state index is 4.21. The second-order valence-electron chi connectivity index (χ2n) is 7.44. The van der Waals surface area contributed by atoms with Crippen molar-refractivity contribution < 1.29 is 0 Å². The minimum Gasteiger partial charge on any atom is -0.297 e. The third-order valence-corrected chi connectivity index (χ3v) is 13.7. The van der Waals surface area contributed by atoms with Gasteiger partial charge in [0.2, 0.25) is 0 Å². The number of hydrogen-bond acceptors (Lipinski definition) is 2. The van der Waals surface area contributed by atoms with Crippen molar-refractivity contribution in [2.45, 2.75) is 72.0 Å². The van der Waals surface area contributed by atoms with Gasteiger partial charge in [-0.25, -0.2) is 0 Å². The van der Waals surface area contributed by atoms with Crippen LogP contribution in [0.15, 0.2) is 0 Å². The maximum atomic E-state index is 4.21. The molecule has 0 atom stereocenters. The van der Waals surface area contributed by atoms with E-state index < -0.39 is 7.02 Å². The Kier molecular flexibility index (Phi) is 4.26. The average molecular weight is 321 g/mol. The van der Waals surface area contributed by atoms with Crippen LogP contribution in [0.2, 0.25) is 5.54 Å². The molecule has 2 nitrogen and oxygen atoms in total. The first-order valence-corrected chi connectivity index (χ1v) is 10.9. The highest BCUT2D eigenvalue weighted by Gasteiger charge is 2.57. The van der Waals surface area contributed by atoms with Crippen molar-refractivity contribution in [1.82, 2.24) is 9.13 Å². The van der Waals surface area contributed by atoms with Crippen LogP contribution in [0.4, 0.5) is 0 Å². The van der Waals surface area contributed by atoms with Crippen molar-refractivity contribution in [3.8, 4) is 0 Å². The van der Waals surface area contributed by atoms with Gasteiger partial charge < -0.3 is 0 Å². The summed E-state index contributed by atoms with van der Waals surface area (Å²) >= 11 is 4.21. The third kappa shape index (κ3) is 2.80. The summed E-state index contributed by atoms with van der Waals surface area (Å²) in [7, 11) is -1.71. The molecule has 1 aliphatic rings. The molecule has 0 radical (unpaired) electrons. The Morgan fingerprint density at radius 2 is 1.18 bits per heavy atom. The molecule has 0 aliphatic carbocycles. The van der Waals surface area contributed by atoms with Crippen molar-refractivity contribution in [2.75, 3.05) is 13.1 Å². The summed E-state index contributed by atoms with van der Waals surface area (Å²) in [6.45, 7) is 21.1. The first-order valence-electron chi connectivity index (χ1n) is 6.66. The second kappa shape index (κ2) is 4.62. The molecule has 1 rings (SSSR count). The second-order valence-corrected chi connectivity index (χ2v) is 14.4. The molecule has 0 amide bonds. The van der Waals surface area contributed by atoms with Gasteiger partial charge in [-0.1, -0.05) is 29.1 Å². The molecule has 1 heterocycles. The van der Waals surface area contributed by atoms with E-state index in [1.807, 2.05) is 0 Å². The van der Waals surface area contributed by atoms with Crippen molar-refractivity contribution in [1.29, 1.82) is 0 Å². The molecule has 1 fully saturated rings. The summed E-state index contributed by atoms with van der Waals surface area (Å²) in [5.41, 5.74) is 1.18. The smallest absolute Gasteiger partial charge is 0.284 e. The Labute approximate surface area is 116 Å². The summed E-state index contributed by atoms with van der Waals surface area (Å²) in [6, 6.07) is 0. The number of rotatable bonds is 1. The molecule has 0 unspecified atom stereocenters. The Morgan fingerprint density at radius 3 is 1.35 bits per heavy atom. The Hall–Kier alpha value is 0.617. The lowest BCUT2D eigenvalue weighted by Gasteiger charge is -2.50. The molecule has 0 saturated carbocycles. The quantitative estimate of drug-likeness (QED) is 0.533. The van der Waals surface area contributed by atoms with Gasteiger partial charge in [-0.15, -0.1) is 0 Å². The molecule has 1 saturated heterocycles. The highest BCUT2D eigenvalue weighted by molar-refractivity contribution is 9.25. The summed E-state index contributed by atoms with van der Waals surface area (Å²) in [6.07, 6.45) is 0. The lowest BCUT2D eigenvalue weighted by molar-refractivity contribution is 0.257. The van der Waals surface area contributed by atoms with Crippen molar-refractivity contribution in [2.24, 2.45) is 0 Å². The number of hydrogen-bond donors (Lipinski definition) is 0. The Balaban J connectivity index is 3.16. The molecule has 17 heavy (non-hydrogen) atoms. The van der Waals surface area contributed by atoms with Crippen LogP contribution >= 0.6 is 15.3 Å². The highest BCUT2D eigenvalue weighted by atomic mass is 79.9. The van der Waals surface area contributed by atoms with Crippen LogP contribution in [-0.4, -0.2) is 40.3 Å². The highest BCUT2D eigenvalue weighted by Crippen LogP contribution is 2.44. The topological polar surface area (TPSA) is 6.48 Å². The molecule has 0 aromatic carbocycles. The summed E-state index contributed by atoms with van der Waals surface area (Å²) in [4.78, 5) is 0. The predicted octanol–water partition coefficient (Wildman–Crippen LogP) is 3.94. The Bertz CT molecular complexity index is 256. The zero-order valence-corrected chi connectivity index (χ0v) is 15.3. The fourth-order valence-corrected chi connectivity index (χ4v) is 11.4. The molecule has 1 aliphatic heterocycles. The van der Waals surface area contributed by atoms with Crippen molar-refractivity contribution in [3.63, 3.8) is 0 Å². The largest absolute Gasteiger partial charge is 0.297 e. The predicted molar refractivity (Wildman–Crippen MR) is 82.7 cm³/mol. The van der Waals surface area contributed by atoms with Crippen LogP contribution in [0.25, 0.3) is 0 Å². The van der Waals surface area contributed by atoms with Crippen LogP contribution in [-0.2, 0) is 0 Å². The maximum Gasteiger partial charge on any atom is 0.284 e. The van der Waals surface area contributed by atoms with Crippen molar-refractivity contribution >= 4 is 22.3 Å². The molecule has 0 bridgehead atoms. The third-order valence-electron chi connectivity index (χ3n) is 3.66. The van der Waals surface area contributed by atoms with E-state index in [4.69, 9.17) is 0 Å². The van der Waals surface area contributed by atoms with Gasteiger partial charge in [0.25, 0.3) is 7.02 Å². The molecule has 4 heteroatoms. The van der Waals surface area contributed by atoms with Crippen LogP contribution in [0, 0.1) is 0 Å².